The summed E-state index contributed by atoms with van der Waals surface area (Å²) >= 11 is 5.96. The summed E-state index contributed by atoms with van der Waals surface area (Å²) in [6, 6.07) is 1.27. The number of halogens is 1. The number of nitro benzene ring substituents is 1. The molecular formula is C15H16ClN2O3-. The number of nitrogens with one attached hydrogen (secondary N) is 1. The quantitative estimate of drug-likeness (QED) is 0.516. The van der Waals surface area contributed by atoms with Gasteiger partial charge in [0.25, 0.3) is 5.69 Å². The SMILES string of the molecule is CC(C)[C@@H]1Nc2c([O-])cc(Cl)c([N+](=O)[O-])c2[C@@H]2C=CC[C@H]21. The van der Waals surface area contributed by atoms with Crippen LogP contribution < -0.4 is 10.4 Å². The highest BCUT2D eigenvalue weighted by Crippen LogP contribution is 2.53. The molecule has 1 aliphatic heterocycles. The largest absolute Gasteiger partial charge is 0.871 e. The number of benzene rings is 1. The van der Waals surface area contributed by atoms with E-state index in [4.69, 9.17) is 11.6 Å². The van der Waals surface area contributed by atoms with E-state index >= 15 is 0 Å². The Morgan fingerprint density at radius 1 is 1.48 bits per heavy atom. The lowest BCUT2D eigenvalue weighted by molar-refractivity contribution is -0.385. The lowest BCUT2D eigenvalue weighted by Gasteiger charge is -2.41. The molecule has 0 amide bonds. The lowest BCUT2D eigenvalue weighted by atomic mass is 9.75. The molecule has 5 nitrogen and oxygen atoms in total. The van der Waals surface area contributed by atoms with Crippen molar-refractivity contribution < 1.29 is 10.0 Å². The molecular weight excluding hydrogens is 292 g/mol. The molecule has 0 bridgehead atoms. The van der Waals surface area contributed by atoms with Crippen molar-refractivity contribution in [3.8, 4) is 5.75 Å². The third kappa shape index (κ3) is 2.07. The summed E-state index contributed by atoms with van der Waals surface area (Å²) in [5.74, 6) is 0.180. The number of fused-ring (bicyclic) bond motifs is 3. The molecule has 0 fully saturated rings. The van der Waals surface area contributed by atoms with Crippen molar-refractivity contribution in [2.45, 2.75) is 32.2 Å². The second kappa shape index (κ2) is 4.91. The van der Waals surface area contributed by atoms with E-state index in [1.165, 1.54) is 0 Å². The maximum absolute atomic E-state index is 12.2. The molecule has 2 aliphatic rings. The van der Waals surface area contributed by atoms with Gasteiger partial charge in [-0.1, -0.05) is 43.3 Å². The van der Waals surface area contributed by atoms with Crippen LogP contribution in [0.5, 0.6) is 5.75 Å². The molecule has 1 N–H and O–H groups in total. The van der Waals surface area contributed by atoms with Crippen LogP contribution in [0.1, 0.15) is 31.7 Å². The molecule has 1 heterocycles. The Morgan fingerprint density at radius 3 is 2.81 bits per heavy atom. The van der Waals surface area contributed by atoms with Crippen LogP contribution in [0.15, 0.2) is 18.2 Å². The van der Waals surface area contributed by atoms with Gasteiger partial charge in [0.2, 0.25) is 0 Å². The van der Waals surface area contributed by atoms with Crippen molar-refractivity contribution in [2.75, 3.05) is 5.32 Å². The topological polar surface area (TPSA) is 78.2 Å². The molecule has 1 aromatic rings. The molecule has 1 aliphatic carbocycles. The Morgan fingerprint density at radius 2 is 2.19 bits per heavy atom. The standard InChI is InChI=1S/C15H17ClN2O3/c1-7(2)13-9-5-3-4-8(9)12-14(17-13)11(19)6-10(16)15(12)18(20)21/h3-4,6-9,13,17,19H,5H2,1-2H3/p-1/t8-,9-,13+/m1/s1. The van der Waals surface area contributed by atoms with Crippen molar-refractivity contribution in [2.24, 2.45) is 11.8 Å². The van der Waals surface area contributed by atoms with E-state index in [9.17, 15) is 15.2 Å². The number of allylic oxidation sites excluding steroid dienone is 2. The first-order valence-electron chi connectivity index (χ1n) is 7.02. The van der Waals surface area contributed by atoms with Crippen LogP contribution in [0.4, 0.5) is 11.4 Å². The summed E-state index contributed by atoms with van der Waals surface area (Å²) in [6.45, 7) is 4.18. The minimum absolute atomic E-state index is 0.0763. The third-order valence-corrected chi connectivity index (χ3v) is 4.76. The fourth-order valence-corrected chi connectivity index (χ4v) is 3.85. The normalized spacial score (nSPS) is 26.4. The summed E-state index contributed by atoms with van der Waals surface area (Å²) in [6.07, 6.45) is 4.87. The second-order valence-electron chi connectivity index (χ2n) is 6.02. The zero-order valence-electron chi connectivity index (χ0n) is 11.8. The minimum atomic E-state index is -0.485. The minimum Gasteiger partial charge on any atom is -0.871 e. The van der Waals surface area contributed by atoms with Gasteiger partial charge in [-0.15, -0.1) is 0 Å². The van der Waals surface area contributed by atoms with Gasteiger partial charge >= 0.3 is 0 Å². The van der Waals surface area contributed by atoms with Crippen molar-refractivity contribution in [3.05, 3.63) is 38.9 Å². The fraction of sp³-hybridized carbons (Fsp3) is 0.467. The van der Waals surface area contributed by atoms with Gasteiger partial charge < -0.3 is 10.4 Å². The van der Waals surface area contributed by atoms with Crippen LogP contribution in [-0.2, 0) is 0 Å². The molecule has 0 unspecified atom stereocenters. The van der Waals surface area contributed by atoms with E-state index in [2.05, 4.69) is 19.2 Å². The predicted molar refractivity (Wildman–Crippen MR) is 79.8 cm³/mol. The van der Waals surface area contributed by atoms with Crippen molar-refractivity contribution >= 4 is 23.0 Å². The molecule has 0 saturated heterocycles. The molecule has 0 spiro atoms. The zero-order valence-corrected chi connectivity index (χ0v) is 12.6. The van der Waals surface area contributed by atoms with E-state index in [0.717, 1.165) is 12.5 Å². The Bertz CT molecular complexity index is 642. The van der Waals surface area contributed by atoms with Crippen LogP contribution in [0.3, 0.4) is 0 Å². The average Bonchev–Trinajstić information content (AvgIpc) is 2.86. The third-order valence-electron chi connectivity index (χ3n) is 4.47. The first kappa shape index (κ1) is 14.2. The number of nitro groups is 1. The summed E-state index contributed by atoms with van der Waals surface area (Å²) < 4.78 is 0. The van der Waals surface area contributed by atoms with Gasteiger partial charge in [0.05, 0.1) is 10.5 Å². The molecule has 3 atom stereocenters. The molecule has 112 valence electrons. The van der Waals surface area contributed by atoms with Crippen molar-refractivity contribution in [3.63, 3.8) is 0 Å². The first-order valence-corrected chi connectivity index (χ1v) is 7.40. The van der Waals surface area contributed by atoms with E-state index in [0.29, 0.717) is 17.2 Å². The van der Waals surface area contributed by atoms with Gasteiger partial charge in [-0.3, -0.25) is 10.1 Å². The van der Waals surface area contributed by atoms with Crippen LogP contribution in [0.25, 0.3) is 0 Å². The van der Waals surface area contributed by atoms with Crippen LogP contribution in [-0.4, -0.2) is 11.0 Å². The van der Waals surface area contributed by atoms with Gasteiger partial charge in [0.15, 0.2) is 0 Å². The number of anilines is 1. The number of hydrogen-bond acceptors (Lipinski definition) is 4. The maximum atomic E-state index is 12.2. The van der Waals surface area contributed by atoms with Crippen LogP contribution in [0, 0.1) is 22.0 Å². The molecule has 0 saturated carbocycles. The number of nitrogens with zero attached hydrogens (tertiary/aromatic N) is 1. The molecule has 1 aromatic carbocycles. The smallest absolute Gasteiger partial charge is 0.293 e. The van der Waals surface area contributed by atoms with Crippen LogP contribution in [0.2, 0.25) is 5.02 Å². The highest BCUT2D eigenvalue weighted by molar-refractivity contribution is 6.33. The summed E-state index contributed by atoms with van der Waals surface area (Å²) in [5, 5.41) is 26.8. The van der Waals surface area contributed by atoms with Gasteiger partial charge in [-0.2, -0.15) is 0 Å². The summed E-state index contributed by atoms with van der Waals surface area (Å²) in [4.78, 5) is 10.9. The van der Waals surface area contributed by atoms with E-state index in [-0.39, 0.29) is 34.3 Å². The van der Waals surface area contributed by atoms with Gasteiger partial charge in [0, 0.05) is 17.6 Å². The molecule has 6 heteroatoms. The Hall–Kier alpha value is -1.75. The van der Waals surface area contributed by atoms with Crippen molar-refractivity contribution in [1.29, 1.82) is 0 Å². The fourth-order valence-electron chi connectivity index (χ4n) is 3.58. The number of rotatable bonds is 2. The predicted octanol–water partition coefficient (Wildman–Crippen LogP) is 3.43. The van der Waals surface area contributed by atoms with E-state index in [1.54, 1.807) is 0 Å². The summed E-state index contributed by atoms with van der Waals surface area (Å²) in [7, 11) is 0. The Balaban J connectivity index is 2.24. The van der Waals surface area contributed by atoms with E-state index in [1.807, 2.05) is 12.2 Å². The first-order chi connectivity index (χ1) is 9.91. The van der Waals surface area contributed by atoms with Crippen molar-refractivity contribution in [1.82, 2.24) is 0 Å². The second-order valence-corrected chi connectivity index (χ2v) is 6.43. The maximum Gasteiger partial charge on any atom is 0.293 e. The highest BCUT2D eigenvalue weighted by atomic mass is 35.5. The molecule has 3 rings (SSSR count). The zero-order chi connectivity index (χ0) is 15.3. The lowest BCUT2D eigenvalue weighted by Crippen LogP contribution is -2.40. The number of hydrogen-bond donors (Lipinski definition) is 1. The van der Waals surface area contributed by atoms with Gasteiger partial charge in [0.1, 0.15) is 5.02 Å². The molecule has 21 heavy (non-hydrogen) atoms. The highest BCUT2D eigenvalue weighted by Gasteiger charge is 2.42. The molecule has 0 aromatic heterocycles. The van der Waals surface area contributed by atoms with Crippen LogP contribution >= 0.6 is 11.6 Å². The van der Waals surface area contributed by atoms with E-state index < -0.39 is 4.92 Å². The molecule has 0 radical (unpaired) electrons. The Labute approximate surface area is 127 Å². The Kier molecular flexibility index (Phi) is 3.32. The average molecular weight is 308 g/mol. The summed E-state index contributed by atoms with van der Waals surface area (Å²) in [5.41, 5.74) is 0.660. The van der Waals surface area contributed by atoms with Gasteiger partial charge in [-0.25, -0.2) is 0 Å². The van der Waals surface area contributed by atoms with Gasteiger partial charge in [-0.05, 0) is 24.3 Å². The monoisotopic (exact) mass is 307 g/mol.